The number of carboxylic acid groups (broad SMARTS) is 1. The molecule has 1 aliphatic rings. The van der Waals surface area contributed by atoms with E-state index in [-0.39, 0.29) is 5.54 Å². The molecule has 2 unspecified atom stereocenters. The predicted molar refractivity (Wildman–Crippen MR) is 126 cm³/mol. The molecule has 1 aliphatic carbocycles. The minimum Gasteiger partial charge on any atom is -0.491 e. The fourth-order valence-electron chi connectivity index (χ4n) is 3.63. The van der Waals surface area contributed by atoms with Crippen LogP contribution in [0, 0.1) is 0 Å². The molecule has 0 saturated heterocycles. The number of nitrogens with one attached hydrogen (secondary N) is 1. The number of carbonyl (C=O) groups is 1. The van der Waals surface area contributed by atoms with Gasteiger partial charge in [0.25, 0.3) is 0 Å². The van der Waals surface area contributed by atoms with Gasteiger partial charge in [-0.25, -0.2) is 4.79 Å². The number of hydrogen-bond donors (Lipinski definition) is 4. The van der Waals surface area contributed by atoms with Gasteiger partial charge in [-0.15, -0.1) is 0 Å². The van der Waals surface area contributed by atoms with Crippen LogP contribution in [0.15, 0.2) is 54.6 Å². The van der Waals surface area contributed by atoms with Gasteiger partial charge in [-0.05, 0) is 56.7 Å². The number of β-amino-alcohol motifs (C(OH)–C–C–N with tert-alkyl or cyclic N) is 1. The average Bonchev–Trinajstić information content (AvgIpc) is 3.31. The molecule has 0 aliphatic heterocycles. The van der Waals surface area contributed by atoms with E-state index in [0.29, 0.717) is 24.6 Å². The van der Waals surface area contributed by atoms with E-state index >= 15 is 0 Å². The molecule has 0 amide bonds. The monoisotopic (exact) mass is 443 g/mol. The fourth-order valence-corrected chi connectivity index (χ4v) is 3.63. The van der Waals surface area contributed by atoms with Crippen LogP contribution in [0.25, 0.3) is 0 Å². The third-order valence-electron chi connectivity index (χ3n) is 5.36. The van der Waals surface area contributed by atoms with E-state index in [2.05, 4.69) is 38.2 Å². The Morgan fingerprint density at radius 2 is 1.62 bits per heavy atom. The van der Waals surface area contributed by atoms with Crippen LogP contribution in [0.4, 0.5) is 0 Å². The van der Waals surface area contributed by atoms with Crippen LogP contribution in [-0.2, 0) is 4.79 Å². The second-order valence-electron chi connectivity index (χ2n) is 9.27. The van der Waals surface area contributed by atoms with Crippen LogP contribution < -0.4 is 10.1 Å². The Morgan fingerprint density at radius 1 is 1.03 bits per heavy atom. The Kier molecular flexibility index (Phi) is 10.2. The number of hydrogen-bond acceptors (Lipinski definition) is 5. The smallest absolute Gasteiger partial charge is 0.337 e. The first-order chi connectivity index (χ1) is 15.2. The first kappa shape index (κ1) is 25.8. The second-order valence-corrected chi connectivity index (χ2v) is 9.27. The highest BCUT2D eigenvalue weighted by Gasteiger charge is 2.21. The summed E-state index contributed by atoms with van der Waals surface area (Å²) in [6, 6.07) is 16.5. The van der Waals surface area contributed by atoms with Gasteiger partial charge in [0.1, 0.15) is 18.5 Å². The van der Waals surface area contributed by atoms with Gasteiger partial charge in [-0.3, -0.25) is 0 Å². The van der Waals surface area contributed by atoms with Crippen LogP contribution in [0.2, 0.25) is 0 Å². The molecule has 2 aromatic carbocycles. The van der Waals surface area contributed by atoms with Gasteiger partial charge in [-0.2, -0.15) is 0 Å². The quantitative estimate of drug-likeness (QED) is 0.486. The van der Waals surface area contributed by atoms with Crippen molar-refractivity contribution >= 4 is 5.97 Å². The minimum atomic E-state index is -1.41. The summed E-state index contributed by atoms with van der Waals surface area (Å²) in [6.45, 7) is 7.17. The van der Waals surface area contributed by atoms with E-state index in [1.807, 2.05) is 12.1 Å². The predicted octanol–water partition coefficient (Wildman–Crippen LogP) is 4.28. The summed E-state index contributed by atoms with van der Waals surface area (Å²) in [5.41, 5.74) is 1.73. The summed E-state index contributed by atoms with van der Waals surface area (Å²) >= 11 is 0. The van der Waals surface area contributed by atoms with Crippen molar-refractivity contribution in [1.82, 2.24) is 5.32 Å². The van der Waals surface area contributed by atoms with E-state index in [1.54, 1.807) is 30.3 Å². The molecule has 0 aromatic heterocycles. The maximum absolute atomic E-state index is 10.2. The molecule has 0 bridgehead atoms. The van der Waals surface area contributed by atoms with E-state index < -0.39 is 18.2 Å². The fraction of sp³-hybridized carbons (Fsp3) is 0.500. The maximum atomic E-state index is 10.2. The highest BCUT2D eigenvalue weighted by Crippen LogP contribution is 2.38. The summed E-state index contributed by atoms with van der Waals surface area (Å²) in [5.74, 6) is 0.349. The molecule has 2 aromatic rings. The van der Waals surface area contributed by atoms with E-state index in [9.17, 15) is 9.90 Å². The number of aliphatic hydroxyl groups is 2. The van der Waals surface area contributed by atoms with Crippen molar-refractivity contribution in [2.24, 2.45) is 0 Å². The summed E-state index contributed by atoms with van der Waals surface area (Å²) in [6.07, 6.45) is 3.26. The summed E-state index contributed by atoms with van der Waals surface area (Å²) in [7, 11) is 0. The van der Waals surface area contributed by atoms with Gasteiger partial charge < -0.3 is 25.4 Å². The number of carboxylic acids is 1. The normalized spacial score (nSPS) is 16.0. The van der Waals surface area contributed by atoms with Crippen molar-refractivity contribution < 1.29 is 24.9 Å². The topological polar surface area (TPSA) is 99.0 Å². The molecule has 0 spiro atoms. The van der Waals surface area contributed by atoms with Gasteiger partial charge in [0.15, 0.2) is 6.10 Å². The van der Waals surface area contributed by atoms with Crippen molar-refractivity contribution in [2.75, 3.05) is 13.2 Å². The highest BCUT2D eigenvalue weighted by molar-refractivity contribution is 5.73. The molecule has 0 heterocycles. The van der Waals surface area contributed by atoms with Gasteiger partial charge in [0.2, 0.25) is 0 Å². The Morgan fingerprint density at radius 3 is 2.22 bits per heavy atom. The Labute approximate surface area is 191 Å². The second kappa shape index (κ2) is 12.6. The van der Waals surface area contributed by atoms with Crippen molar-refractivity contribution in [1.29, 1.82) is 0 Å². The molecule has 1 saturated carbocycles. The van der Waals surface area contributed by atoms with Crippen LogP contribution >= 0.6 is 0 Å². The van der Waals surface area contributed by atoms with E-state index in [0.717, 1.165) is 5.75 Å². The summed E-state index contributed by atoms with van der Waals surface area (Å²) in [4.78, 5) is 10.2. The SMILES string of the molecule is CC(C)(C)NCC(O)COc1ccccc1C1CCCC1.O=C(O)C(O)c1ccccc1. The van der Waals surface area contributed by atoms with Gasteiger partial charge in [-0.1, -0.05) is 61.4 Å². The molecular formula is C26H37NO5. The maximum Gasteiger partial charge on any atom is 0.337 e. The molecule has 2 atom stereocenters. The lowest BCUT2D eigenvalue weighted by Gasteiger charge is -2.23. The van der Waals surface area contributed by atoms with E-state index in [4.69, 9.17) is 14.9 Å². The highest BCUT2D eigenvalue weighted by atomic mass is 16.5. The minimum absolute atomic E-state index is 0.0166. The number of benzene rings is 2. The number of rotatable bonds is 8. The lowest BCUT2D eigenvalue weighted by atomic mass is 9.97. The lowest BCUT2D eigenvalue weighted by Crippen LogP contribution is -2.42. The van der Waals surface area contributed by atoms with Crippen molar-refractivity contribution in [3.05, 3.63) is 65.7 Å². The molecule has 6 heteroatoms. The molecular weight excluding hydrogens is 406 g/mol. The largest absolute Gasteiger partial charge is 0.491 e. The van der Waals surface area contributed by atoms with Crippen LogP contribution in [-0.4, -0.2) is 46.1 Å². The summed E-state index contributed by atoms with van der Waals surface area (Å²) < 4.78 is 5.89. The standard InChI is InChI=1S/C18H29NO2.C8H8O3/c1-18(2,3)19-12-15(20)13-21-17-11-7-6-10-16(17)14-8-4-5-9-14;9-7(8(10)11)6-4-2-1-3-5-6/h6-7,10-11,14-15,19-20H,4-5,8-9,12-13H2,1-3H3;1-5,7,9H,(H,10,11). The van der Waals surface area contributed by atoms with Crippen molar-refractivity contribution in [2.45, 2.75) is 70.1 Å². The Hall–Kier alpha value is -2.41. The third kappa shape index (κ3) is 8.99. The lowest BCUT2D eigenvalue weighted by molar-refractivity contribution is -0.146. The zero-order chi connectivity index (χ0) is 23.6. The average molecular weight is 444 g/mol. The first-order valence-corrected chi connectivity index (χ1v) is 11.3. The van der Waals surface area contributed by atoms with Crippen LogP contribution in [0.1, 0.15) is 69.6 Å². The van der Waals surface area contributed by atoms with Crippen LogP contribution in [0.5, 0.6) is 5.75 Å². The van der Waals surface area contributed by atoms with Crippen molar-refractivity contribution in [3.8, 4) is 5.75 Å². The number of aliphatic hydroxyl groups excluding tert-OH is 2. The van der Waals surface area contributed by atoms with Gasteiger partial charge in [0.05, 0.1) is 0 Å². The third-order valence-corrected chi connectivity index (χ3v) is 5.36. The van der Waals surface area contributed by atoms with Gasteiger partial charge >= 0.3 is 5.97 Å². The van der Waals surface area contributed by atoms with E-state index in [1.165, 1.54) is 31.2 Å². The number of para-hydroxylation sites is 1. The summed E-state index contributed by atoms with van der Waals surface area (Å²) in [5, 5.41) is 30.7. The number of ether oxygens (including phenoxy) is 1. The Bertz CT molecular complexity index is 812. The molecule has 6 nitrogen and oxygen atoms in total. The molecule has 176 valence electrons. The molecule has 0 radical (unpaired) electrons. The zero-order valence-corrected chi connectivity index (χ0v) is 19.3. The molecule has 32 heavy (non-hydrogen) atoms. The first-order valence-electron chi connectivity index (χ1n) is 11.3. The zero-order valence-electron chi connectivity index (χ0n) is 19.3. The van der Waals surface area contributed by atoms with Crippen molar-refractivity contribution in [3.63, 3.8) is 0 Å². The number of aliphatic carboxylic acids is 1. The molecule has 3 rings (SSSR count). The molecule has 1 fully saturated rings. The molecule has 4 N–H and O–H groups in total. The Balaban J connectivity index is 0.000000278. The van der Waals surface area contributed by atoms with Gasteiger partial charge in [0, 0.05) is 12.1 Å². The van der Waals surface area contributed by atoms with Crippen LogP contribution in [0.3, 0.4) is 0 Å².